The summed E-state index contributed by atoms with van der Waals surface area (Å²) in [6.45, 7) is 4.27. The van der Waals surface area contributed by atoms with E-state index in [1.807, 2.05) is 0 Å². The molecule has 2 aromatic rings. The molecule has 1 aromatic carbocycles. The molecule has 0 aliphatic heterocycles. The van der Waals surface area contributed by atoms with E-state index in [-0.39, 0.29) is 5.82 Å². The number of hydrogen-bond donors (Lipinski definition) is 0. The summed E-state index contributed by atoms with van der Waals surface area (Å²) in [6, 6.07) is 3.58. The molecule has 0 unspecified atom stereocenters. The number of nitrogens with zero attached hydrogens (tertiary/aromatic N) is 2. The van der Waals surface area contributed by atoms with Crippen molar-refractivity contribution in [2.45, 2.75) is 38.6 Å². The zero-order valence-electron chi connectivity index (χ0n) is 10.4. The number of aromatic nitrogens is 2. The Morgan fingerprint density at radius 2 is 2.06 bits per heavy atom. The lowest BCUT2D eigenvalue weighted by Gasteiger charge is -2.18. The van der Waals surface area contributed by atoms with Crippen LogP contribution in [0.2, 0.25) is 0 Å². The second-order valence-electron chi connectivity index (χ2n) is 4.26. The summed E-state index contributed by atoms with van der Waals surface area (Å²) in [5.41, 5.74) is 1.60. The lowest BCUT2D eigenvalue weighted by molar-refractivity contribution is 0.472. The van der Waals surface area contributed by atoms with Gasteiger partial charge in [-0.3, -0.25) is 0 Å². The fourth-order valence-electron chi connectivity index (χ4n) is 2.30. The average molecular weight is 334 g/mol. The summed E-state index contributed by atoms with van der Waals surface area (Å²) in [6.07, 6.45) is 2.00. The largest absolute Gasteiger partial charge is 0.324 e. The summed E-state index contributed by atoms with van der Waals surface area (Å²) in [7, 11) is 0. The maximum absolute atomic E-state index is 13.5. The number of imidazole rings is 1. The molecule has 2 nitrogen and oxygen atoms in total. The van der Waals surface area contributed by atoms with Crippen molar-refractivity contribution in [1.29, 1.82) is 0 Å². The van der Waals surface area contributed by atoms with Crippen LogP contribution < -0.4 is 0 Å². The number of hydrogen-bond acceptors (Lipinski definition) is 1. The molecule has 0 aliphatic rings. The van der Waals surface area contributed by atoms with Crippen LogP contribution in [0.5, 0.6) is 0 Å². The van der Waals surface area contributed by atoms with Crippen LogP contribution in [0.25, 0.3) is 11.0 Å². The maximum Gasteiger partial charge on any atom is 0.139 e. The quantitative estimate of drug-likeness (QED) is 0.717. The van der Waals surface area contributed by atoms with E-state index < -0.39 is 0 Å². The molecule has 1 heterocycles. The molecule has 98 valence electrons. The van der Waals surface area contributed by atoms with Crippen LogP contribution in [0.1, 0.15) is 38.6 Å². The smallest absolute Gasteiger partial charge is 0.139 e. The monoisotopic (exact) mass is 332 g/mol. The second kappa shape index (κ2) is 5.57. The van der Waals surface area contributed by atoms with Crippen molar-refractivity contribution in [3.8, 4) is 0 Å². The van der Waals surface area contributed by atoms with Gasteiger partial charge in [-0.05, 0) is 34.8 Å². The Morgan fingerprint density at radius 3 is 2.61 bits per heavy atom. The highest BCUT2D eigenvalue weighted by atomic mass is 79.9. The van der Waals surface area contributed by atoms with Crippen molar-refractivity contribution < 1.29 is 4.39 Å². The van der Waals surface area contributed by atoms with Gasteiger partial charge in [0.1, 0.15) is 11.6 Å². The fourth-order valence-corrected chi connectivity index (χ4v) is 2.82. The molecular formula is C13H15BrClFN2. The van der Waals surface area contributed by atoms with Crippen LogP contribution in [-0.4, -0.2) is 9.55 Å². The lowest BCUT2D eigenvalue weighted by atomic mass is 10.1. The van der Waals surface area contributed by atoms with Gasteiger partial charge in [-0.15, -0.1) is 11.6 Å². The number of halogens is 3. The van der Waals surface area contributed by atoms with Crippen molar-refractivity contribution in [3.05, 3.63) is 28.2 Å². The Hall–Kier alpha value is -0.610. The molecule has 1 aromatic heterocycles. The Labute approximate surface area is 119 Å². The van der Waals surface area contributed by atoms with E-state index in [4.69, 9.17) is 11.6 Å². The third kappa shape index (κ3) is 2.28. The third-order valence-electron chi connectivity index (χ3n) is 3.23. The van der Waals surface area contributed by atoms with Crippen LogP contribution in [0.3, 0.4) is 0 Å². The van der Waals surface area contributed by atoms with Gasteiger partial charge in [-0.2, -0.15) is 0 Å². The van der Waals surface area contributed by atoms with Gasteiger partial charge in [0.25, 0.3) is 0 Å². The van der Waals surface area contributed by atoms with E-state index in [0.29, 0.717) is 21.9 Å². The van der Waals surface area contributed by atoms with Crippen LogP contribution in [0.4, 0.5) is 4.39 Å². The van der Waals surface area contributed by atoms with Crippen molar-refractivity contribution in [2.24, 2.45) is 0 Å². The molecule has 0 atom stereocenters. The molecule has 0 amide bonds. The molecular weight excluding hydrogens is 319 g/mol. The van der Waals surface area contributed by atoms with Crippen LogP contribution in [0.15, 0.2) is 16.6 Å². The van der Waals surface area contributed by atoms with Crippen molar-refractivity contribution in [3.63, 3.8) is 0 Å². The van der Waals surface area contributed by atoms with Gasteiger partial charge < -0.3 is 4.57 Å². The highest BCUT2D eigenvalue weighted by Gasteiger charge is 2.17. The van der Waals surface area contributed by atoms with Crippen molar-refractivity contribution in [1.82, 2.24) is 9.55 Å². The van der Waals surface area contributed by atoms with Gasteiger partial charge in [0, 0.05) is 12.1 Å². The van der Waals surface area contributed by atoms with Gasteiger partial charge in [0.05, 0.1) is 21.4 Å². The highest BCUT2D eigenvalue weighted by molar-refractivity contribution is 9.10. The average Bonchev–Trinajstić information content (AvgIpc) is 2.70. The molecule has 0 aliphatic carbocycles. The van der Waals surface area contributed by atoms with Crippen LogP contribution >= 0.6 is 27.5 Å². The van der Waals surface area contributed by atoms with E-state index >= 15 is 0 Å². The van der Waals surface area contributed by atoms with E-state index in [2.05, 4.69) is 39.3 Å². The Kier molecular flexibility index (Phi) is 4.28. The maximum atomic E-state index is 13.5. The molecule has 5 heteroatoms. The predicted molar refractivity (Wildman–Crippen MR) is 76.6 cm³/mol. The first kappa shape index (κ1) is 13.8. The predicted octanol–water partition coefficient (Wildman–Crippen LogP) is 5.04. The molecule has 0 radical (unpaired) electrons. The van der Waals surface area contributed by atoms with Gasteiger partial charge in [-0.25, -0.2) is 9.37 Å². The van der Waals surface area contributed by atoms with E-state index in [9.17, 15) is 4.39 Å². The Balaban J connectivity index is 2.72. The number of rotatable bonds is 4. The molecule has 0 bridgehead atoms. The minimum absolute atomic E-state index is 0.294. The molecule has 0 saturated heterocycles. The zero-order valence-corrected chi connectivity index (χ0v) is 12.7. The van der Waals surface area contributed by atoms with E-state index in [1.54, 1.807) is 6.07 Å². The number of alkyl halides is 1. The standard InChI is InChI=1S/C13H15BrClFN2/c1-3-8(4-2)18-12-5-9(14)10(16)6-11(12)17-13(18)7-15/h5-6,8H,3-4,7H2,1-2H3. The first-order valence-corrected chi connectivity index (χ1v) is 7.36. The highest BCUT2D eigenvalue weighted by Crippen LogP contribution is 2.29. The van der Waals surface area contributed by atoms with Crippen molar-refractivity contribution in [2.75, 3.05) is 0 Å². The van der Waals surface area contributed by atoms with Crippen LogP contribution in [0, 0.1) is 5.82 Å². The third-order valence-corrected chi connectivity index (χ3v) is 4.08. The first-order valence-electron chi connectivity index (χ1n) is 6.04. The summed E-state index contributed by atoms with van der Waals surface area (Å²) >= 11 is 9.18. The minimum atomic E-state index is -0.294. The van der Waals surface area contributed by atoms with Gasteiger partial charge in [-0.1, -0.05) is 13.8 Å². The first-order chi connectivity index (χ1) is 8.62. The number of fused-ring (bicyclic) bond motifs is 1. The van der Waals surface area contributed by atoms with Gasteiger partial charge in [0.15, 0.2) is 0 Å². The van der Waals surface area contributed by atoms with E-state index in [0.717, 1.165) is 24.2 Å². The summed E-state index contributed by atoms with van der Waals surface area (Å²) in [5.74, 6) is 0.848. The SMILES string of the molecule is CCC(CC)n1c(CCl)nc2cc(F)c(Br)cc21. The van der Waals surface area contributed by atoms with Gasteiger partial charge >= 0.3 is 0 Å². The molecule has 0 spiro atoms. The molecule has 18 heavy (non-hydrogen) atoms. The molecule has 2 rings (SSSR count). The van der Waals surface area contributed by atoms with Crippen LogP contribution in [-0.2, 0) is 5.88 Å². The molecule has 0 fully saturated rings. The topological polar surface area (TPSA) is 17.8 Å². The minimum Gasteiger partial charge on any atom is -0.324 e. The summed E-state index contributed by atoms with van der Waals surface area (Å²) in [4.78, 5) is 4.42. The van der Waals surface area contributed by atoms with E-state index in [1.165, 1.54) is 6.07 Å². The number of benzene rings is 1. The van der Waals surface area contributed by atoms with Gasteiger partial charge in [0.2, 0.25) is 0 Å². The lowest BCUT2D eigenvalue weighted by Crippen LogP contribution is -2.10. The second-order valence-corrected chi connectivity index (χ2v) is 5.38. The molecule has 0 N–H and O–H groups in total. The normalized spacial score (nSPS) is 11.7. The Bertz CT molecular complexity index is 564. The van der Waals surface area contributed by atoms with Crippen molar-refractivity contribution >= 4 is 38.6 Å². The molecule has 0 saturated carbocycles. The Morgan fingerprint density at radius 1 is 1.39 bits per heavy atom. The fraction of sp³-hybridized carbons (Fsp3) is 0.462. The zero-order chi connectivity index (χ0) is 13.3. The summed E-state index contributed by atoms with van der Waals surface area (Å²) < 4.78 is 16.1. The summed E-state index contributed by atoms with van der Waals surface area (Å²) in [5, 5.41) is 0.